The summed E-state index contributed by atoms with van der Waals surface area (Å²) < 4.78 is 1.73. The Morgan fingerprint density at radius 3 is 2.56 bits per heavy atom. The van der Waals surface area contributed by atoms with E-state index in [1.54, 1.807) is 4.57 Å². The molecule has 1 N–H and O–H groups in total. The van der Waals surface area contributed by atoms with Gasteiger partial charge >= 0.3 is 0 Å². The predicted octanol–water partition coefficient (Wildman–Crippen LogP) is 4.71. The van der Waals surface area contributed by atoms with E-state index in [2.05, 4.69) is 56.1 Å². The number of aromatic nitrogens is 2. The van der Waals surface area contributed by atoms with Crippen LogP contribution in [0.5, 0.6) is 0 Å². The fraction of sp³-hybridized carbons (Fsp3) is 0.444. The zero-order valence-electron chi connectivity index (χ0n) is 20.9. The van der Waals surface area contributed by atoms with Crippen LogP contribution in [0.2, 0.25) is 0 Å². The highest BCUT2D eigenvalue weighted by molar-refractivity contribution is 7.99. The number of rotatable bonds is 11. The summed E-state index contributed by atoms with van der Waals surface area (Å²) in [6, 6.07) is 13.6. The number of aryl methyl sites for hydroxylation is 2. The lowest BCUT2D eigenvalue weighted by Crippen LogP contribution is -2.30. The SMILES string of the molecule is CCN(CC)CCCn1c(SCC(=O)NC(C)c2ccc(C)c(C)c2)nc2ccccc2c1=O. The van der Waals surface area contributed by atoms with E-state index in [0.717, 1.165) is 31.6 Å². The molecule has 3 rings (SSSR count). The molecule has 0 saturated heterocycles. The molecule has 1 heterocycles. The Morgan fingerprint density at radius 2 is 1.85 bits per heavy atom. The van der Waals surface area contributed by atoms with Crippen molar-refractivity contribution >= 4 is 28.6 Å². The second-order valence-corrected chi connectivity index (χ2v) is 9.61. The van der Waals surface area contributed by atoms with Crippen LogP contribution < -0.4 is 10.9 Å². The first kappa shape index (κ1) is 26.0. The molecule has 0 bridgehead atoms. The number of benzene rings is 2. The van der Waals surface area contributed by atoms with Gasteiger partial charge in [0.05, 0.1) is 22.7 Å². The average molecular weight is 481 g/mol. The van der Waals surface area contributed by atoms with Crippen molar-refractivity contribution < 1.29 is 4.79 Å². The van der Waals surface area contributed by atoms with E-state index in [0.29, 0.717) is 22.6 Å². The van der Waals surface area contributed by atoms with Gasteiger partial charge in [0.1, 0.15) is 0 Å². The molecule has 0 fully saturated rings. The summed E-state index contributed by atoms with van der Waals surface area (Å²) in [7, 11) is 0. The molecule has 1 amide bonds. The molecule has 0 aliphatic carbocycles. The number of hydrogen-bond donors (Lipinski definition) is 1. The molecule has 0 aliphatic rings. The molecule has 0 spiro atoms. The number of nitrogens with zero attached hydrogens (tertiary/aromatic N) is 3. The fourth-order valence-electron chi connectivity index (χ4n) is 3.98. The number of fused-ring (bicyclic) bond motifs is 1. The van der Waals surface area contributed by atoms with Gasteiger partial charge in [-0.15, -0.1) is 0 Å². The molecule has 0 aliphatic heterocycles. The van der Waals surface area contributed by atoms with E-state index < -0.39 is 0 Å². The summed E-state index contributed by atoms with van der Waals surface area (Å²) in [6.45, 7) is 13.9. The maximum absolute atomic E-state index is 13.2. The summed E-state index contributed by atoms with van der Waals surface area (Å²) in [5, 5.41) is 4.28. The normalized spacial score (nSPS) is 12.3. The van der Waals surface area contributed by atoms with E-state index in [4.69, 9.17) is 4.98 Å². The van der Waals surface area contributed by atoms with Crippen molar-refractivity contribution in [1.29, 1.82) is 0 Å². The van der Waals surface area contributed by atoms with E-state index >= 15 is 0 Å². The Bertz CT molecular complexity index is 1190. The second kappa shape index (κ2) is 12.2. The summed E-state index contributed by atoms with van der Waals surface area (Å²) in [5.41, 5.74) is 4.15. The number of carbonyl (C=O) groups excluding carboxylic acids is 1. The summed E-state index contributed by atoms with van der Waals surface area (Å²) in [5.74, 6) is 0.128. The summed E-state index contributed by atoms with van der Waals surface area (Å²) in [4.78, 5) is 33.0. The van der Waals surface area contributed by atoms with E-state index in [-0.39, 0.29) is 23.3 Å². The maximum atomic E-state index is 13.2. The molecular formula is C27H36N4O2S. The number of hydrogen-bond acceptors (Lipinski definition) is 5. The van der Waals surface area contributed by atoms with Crippen LogP contribution in [-0.4, -0.2) is 45.7 Å². The first-order chi connectivity index (χ1) is 16.3. The van der Waals surface area contributed by atoms with Gasteiger partial charge in [0, 0.05) is 6.54 Å². The molecular weight excluding hydrogens is 444 g/mol. The van der Waals surface area contributed by atoms with Crippen LogP contribution in [0.15, 0.2) is 52.4 Å². The van der Waals surface area contributed by atoms with Gasteiger partial charge in [-0.2, -0.15) is 0 Å². The average Bonchev–Trinajstić information content (AvgIpc) is 2.83. The molecule has 6 nitrogen and oxygen atoms in total. The molecule has 1 atom stereocenters. The standard InChI is InChI=1S/C27H36N4O2S/c1-6-30(7-2)15-10-16-31-26(33)23-11-8-9-12-24(23)29-27(31)34-18-25(32)28-21(5)22-14-13-19(3)20(4)17-22/h8-9,11-14,17,21H,6-7,10,15-16,18H2,1-5H3,(H,28,32). The van der Waals surface area contributed by atoms with Gasteiger partial charge in [-0.05, 0) is 75.6 Å². The number of nitrogens with one attached hydrogen (secondary N) is 1. The van der Waals surface area contributed by atoms with Crippen LogP contribution in [0.3, 0.4) is 0 Å². The third kappa shape index (κ3) is 6.48. The molecule has 182 valence electrons. The van der Waals surface area contributed by atoms with Crippen LogP contribution in [0.4, 0.5) is 0 Å². The van der Waals surface area contributed by atoms with Crippen molar-refractivity contribution in [2.45, 2.75) is 58.8 Å². The van der Waals surface area contributed by atoms with Crippen molar-refractivity contribution in [1.82, 2.24) is 19.8 Å². The Morgan fingerprint density at radius 1 is 1.12 bits per heavy atom. The van der Waals surface area contributed by atoms with E-state index in [1.165, 1.54) is 22.9 Å². The topological polar surface area (TPSA) is 67.2 Å². The van der Waals surface area contributed by atoms with Gasteiger partial charge in [-0.1, -0.05) is 55.9 Å². The van der Waals surface area contributed by atoms with Crippen LogP contribution in [0, 0.1) is 13.8 Å². The molecule has 7 heteroatoms. The lowest BCUT2D eigenvalue weighted by Gasteiger charge is -2.19. The summed E-state index contributed by atoms with van der Waals surface area (Å²) in [6.07, 6.45) is 0.852. The highest BCUT2D eigenvalue weighted by atomic mass is 32.2. The zero-order chi connectivity index (χ0) is 24.7. The number of thioether (sulfide) groups is 1. The van der Waals surface area contributed by atoms with Gasteiger partial charge in [-0.3, -0.25) is 14.2 Å². The van der Waals surface area contributed by atoms with Gasteiger partial charge in [0.25, 0.3) is 5.56 Å². The van der Waals surface area contributed by atoms with Crippen molar-refractivity contribution in [2.24, 2.45) is 0 Å². The lowest BCUT2D eigenvalue weighted by atomic mass is 10.0. The predicted molar refractivity (Wildman–Crippen MR) is 142 cm³/mol. The number of amides is 1. The smallest absolute Gasteiger partial charge is 0.262 e. The van der Waals surface area contributed by atoms with Gasteiger partial charge < -0.3 is 10.2 Å². The van der Waals surface area contributed by atoms with Crippen LogP contribution in [0.25, 0.3) is 10.9 Å². The highest BCUT2D eigenvalue weighted by Gasteiger charge is 2.15. The minimum atomic E-state index is -0.0896. The third-order valence-corrected chi connectivity index (χ3v) is 7.29. The number of carbonyl (C=O) groups is 1. The van der Waals surface area contributed by atoms with Gasteiger partial charge in [0.15, 0.2) is 5.16 Å². The van der Waals surface area contributed by atoms with Crippen LogP contribution >= 0.6 is 11.8 Å². The third-order valence-electron chi connectivity index (χ3n) is 6.32. The minimum Gasteiger partial charge on any atom is -0.349 e. The first-order valence-electron chi connectivity index (χ1n) is 12.0. The van der Waals surface area contributed by atoms with Gasteiger partial charge in [0.2, 0.25) is 5.91 Å². The van der Waals surface area contributed by atoms with Crippen LogP contribution in [0.1, 0.15) is 49.9 Å². The lowest BCUT2D eigenvalue weighted by molar-refractivity contribution is -0.119. The molecule has 0 radical (unpaired) electrons. The maximum Gasteiger partial charge on any atom is 0.262 e. The van der Waals surface area contributed by atoms with Gasteiger partial charge in [-0.25, -0.2) is 4.98 Å². The first-order valence-corrected chi connectivity index (χ1v) is 13.0. The second-order valence-electron chi connectivity index (χ2n) is 8.67. The molecule has 1 aromatic heterocycles. The molecule has 2 aromatic carbocycles. The van der Waals surface area contributed by atoms with Crippen LogP contribution in [-0.2, 0) is 11.3 Å². The van der Waals surface area contributed by atoms with Crippen molar-refractivity contribution in [3.8, 4) is 0 Å². The molecule has 0 saturated carbocycles. The monoisotopic (exact) mass is 480 g/mol. The zero-order valence-corrected chi connectivity index (χ0v) is 21.7. The van der Waals surface area contributed by atoms with Crippen molar-refractivity contribution in [2.75, 3.05) is 25.4 Å². The highest BCUT2D eigenvalue weighted by Crippen LogP contribution is 2.20. The number of para-hydroxylation sites is 1. The van der Waals surface area contributed by atoms with E-state index in [9.17, 15) is 9.59 Å². The minimum absolute atomic E-state index is 0.0449. The van der Waals surface area contributed by atoms with Crippen molar-refractivity contribution in [3.63, 3.8) is 0 Å². The van der Waals surface area contributed by atoms with Crippen molar-refractivity contribution in [3.05, 3.63) is 69.5 Å². The molecule has 34 heavy (non-hydrogen) atoms. The fourth-order valence-corrected chi connectivity index (χ4v) is 4.81. The largest absolute Gasteiger partial charge is 0.349 e. The Kier molecular flexibility index (Phi) is 9.30. The van der Waals surface area contributed by atoms with E-state index in [1.807, 2.05) is 31.2 Å². The Balaban J connectivity index is 1.73. The Hall–Kier alpha value is -2.64. The quantitative estimate of drug-likeness (QED) is 0.318. The molecule has 3 aromatic rings. The summed E-state index contributed by atoms with van der Waals surface area (Å²) >= 11 is 1.32. The Labute approximate surface area is 206 Å². The molecule has 1 unspecified atom stereocenters.